The molecule has 0 aromatic heterocycles. The number of likely N-dealkylation sites (N-methyl/N-ethyl adjacent to an activating group) is 1. The monoisotopic (exact) mass is 245 g/mol. The lowest BCUT2D eigenvalue weighted by molar-refractivity contribution is -0.129. The van der Waals surface area contributed by atoms with Gasteiger partial charge in [0.15, 0.2) is 0 Å². The van der Waals surface area contributed by atoms with Crippen molar-refractivity contribution in [2.75, 3.05) is 13.1 Å². The summed E-state index contributed by atoms with van der Waals surface area (Å²) in [7, 11) is 0. The number of hydrogen-bond acceptors (Lipinski definition) is 3. The quantitative estimate of drug-likeness (QED) is 0.358. The molecule has 1 aromatic carbocycles. The number of amides is 1. The van der Waals surface area contributed by atoms with Crippen LogP contribution in [0.2, 0.25) is 0 Å². The molecule has 0 spiro atoms. The van der Waals surface area contributed by atoms with Gasteiger partial charge < -0.3 is 0 Å². The molecule has 0 aliphatic carbocycles. The van der Waals surface area contributed by atoms with Gasteiger partial charge in [0, 0.05) is 13.1 Å². The maximum atomic E-state index is 12.0. The lowest BCUT2D eigenvalue weighted by atomic mass is 10.1. The molecule has 95 valence electrons. The van der Waals surface area contributed by atoms with Crippen molar-refractivity contribution >= 4 is 18.3 Å². The third kappa shape index (κ3) is 3.82. The van der Waals surface area contributed by atoms with Gasteiger partial charge in [0.05, 0.1) is 5.57 Å². The molecule has 0 saturated carbocycles. The molecule has 1 amide bonds. The second-order valence-electron chi connectivity index (χ2n) is 3.63. The van der Waals surface area contributed by atoms with Gasteiger partial charge in [0.2, 0.25) is 6.29 Å². The number of hydrazine groups is 1. The zero-order valence-electron chi connectivity index (χ0n) is 10.6. The van der Waals surface area contributed by atoms with Crippen LogP contribution < -0.4 is 5.43 Å². The Hall–Kier alpha value is -1.94. The van der Waals surface area contributed by atoms with Gasteiger partial charge >= 0.3 is 0 Å². The molecule has 0 saturated heterocycles. The molecule has 4 nitrogen and oxygen atoms in total. The number of hydrogen-bond donors (Lipinski definition) is 1. The van der Waals surface area contributed by atoms with E-state index >= 15 is 0 Å². The Morgan fingerprint density at radius 2 is 2.00 bits per heavy atom. The fraction of sp³-hybridized carbons (Fsp3) is 0.286. The normalized spacial score (nSPS) is 11.1. The van der Waals surface area contributed by atoms with Crippen molar-refractivity contribution in [3.63, 3.8) is 0 Å². The Morgan fingerprint density at radius 3 is 2.50 bits per heavy atom. The molecule has 1 N–H and O–H groups in total. The summed E-state index contributed by atoms with van der Waals surface area (Å²) in [6.45, 7) is 4.84. The topological polar surface area (TPSA) is 49.4 Å². The third-order valence-electron chi connectivity index (χ3n) is 2.36. The molecule has 18 heavy (non-hydrogen) atoms. The maximum Gasteiger partial charge on any atom is 0.272 e. The smallest absolute Gasteiger partial charge is 0.272 e. The Morgan fingerprint density at radius 1 is 1.33 bits per heavy atom. The first-order chi connectivity index (χ1) is 8.72. The van der Waals surface area contributed by atoms with E-state index in [1.54, 1.807) is 6.29 Å². The molecule has 1 rings (SSSR count). The van der Waals surface area contributed by atoms with Gasteiger partial charge in [0.25, 0.3) is 5.91 Å². The highest BCUT2D eigenvalue weighted by atomic mass is 16.2. The Balaban J connectivity index is 2.92. The van der Waals surface area contributed by atoms with E-state index in [1.165, 1.54) is 11.1 Å². The summed E-state index contributed by atoms with van der Waals surface area (Å²) < 4.78 is 0. The van der Waals surface area contributed by atoms with E-state index in [2.05, 4.69) is 5.43 Å². The van der Waals surface area contributed by atoms with E-state index in [-0.39, 0.29) is 11.5 Å². The number of nitrogens with zero attached hydrogens (tertiary/aromatic N) is 1. The lowest BCUT2D eigenvalue weighted by Gasteiger charge is -2.20. The summed E-state index contributed by atoms with van der Waals surface area (Å²) in [5.74, 6) is -0.363. The summed E-state index contributed by atoms with van der Waals surface area (Å²) in [6.07, 6.45) is 3.24. The molecule has 1 radical (unpaired) electrons. The van der Waals surface area contributed by atoms with E-state index in [0.717, 1.165) is 5.56 Å². The molecule has 0 unspecified atom stereocenters. The van der Waals surface area contributed by atoms with Crippen LogP contribution in [0.4, 0.5) is 0 Å². The first-order valence-corrected chi connectivity index (χ1v) is 5.93. The van der Waals surface area contributed by atoms with Crippen molar-refractivity contribution in [2.45, 2.75) is 13.8 Å². The van der Waals surface area contributed by atoms with Crippen LogP contribution in [0.3, 0.4) is 0 Å². The molecule has 0 heterocycles. The Kier molecular flexibility index (Phi) is 5.80. The average Bonchev–Trinajstić information content (AvgIpc) is 2.42. The lowest BCUT2D eigenvalue weighted by Crippen LogP contribution is -2.43. The van der Waals surface area contributed by atoms with Crippen LogP contribution in [0, 0.1) is 0 Å². The number of carbonyl (C=O) groups is 1. The fourth-order valence-electron chi connectivity index (χ4n) is 1.51. The van der Waals surface area contributed by atoms with Crippen LogP contribution in [-0.4, -0.2) is 30.3 Å². The maximum absolute atomic E-state index is 12.0. The predicted octanol–water partition coefficient (Wildman–Crippen LogP) is 1.55. The van der Waals surface area contributed by atoms with Crippen LogP contribution >= 0.6 is 0 Å². The summed E-state index contributed by atoms with van der Waals surface area (Å²) in [4.78, 5) is 22.9. The molecule has 1 aromatic rings. The highest BCUT2D eigenvalue weighted by molar-refractivity contribution is 6.14. The van der Waals surface area contributed by atoms with E-state index in [4.69, 9.17) is 0 Å². The van der Waals surface area contributed by atoms with Crippen molar-refractivity contribution < 1.29 is 9.59 Å². The van der Waals surface area contributed by atoms with Crippen molar-refractivity contribution in [3.8, 4) is 0 Å². The molecule has 0 bridgehead atoms. The van der Waals surface area contributed by atoms with Gasteiger partial charge in [-0.1, -0.05) is 37.3 Å². The zero-order chi connectivity index (χ0) is 13.4. The Labute approximate surface area is 107 Å². The van der Waals surface area contributed by atoms with Gasteiger partial charge in [-0.2, -0.15) is 0 Å². The number of nitrogens with one attached hydrogen (secondary N) is 1. The molecular formula is C14H17N2O2. The minimum Gasteiger partial charge on any atom is -0.285 e. The highest BCUT2D eigenvalue weighted by Crippen LogP contribution is 2.07. The Bertz CT molecular complexity index is 427. The van der Waals surface area contributed by atoms with E-state index in [1.807, 2.05) is 44.2 Å². The van der Waals surface area contributed by atoms with Crippen molar-refractivity contribution in [1.29, 1.82) is 0 Å². The van der Waals surface area contributed by atoms with Crippen LogP contribution in [-0.2, 0) is 9.59 Å². The first-order valence-electron chi connectivity index (χ1n) is 5.93. The molecule has 0 aliphatic rings. The van der Waals surface area contributed by atoms with Crippen molar-refractivity contribution in [3.05, 3.63) is 41.5 Å². The summed E-state index contributed by atoms with van der Waals surface area (Å²) in [6, 6.07) is 9.23. The van der Waals surface area contributed by atoms with Crippen LogP contribution in [0.5, 0.6) is 0 Å². The number of rotatable bonds is 6. The molecule has 0 fully saturated rings. The predicted molar refractivity (Wildman–Crippen MR) is 71.2 cm³/mol. The van der Waals surface area contributed by atoms with E-state index < -0.39 is 0 Å². The fourth-order valence-corrected chi connectivity index (χ4v) is 1.51. The summed E-state index contributed by atoms with van der Waals surface area (Å²) >= 11 is 0. The largest absolute Gasteiger partial charge is 0.285 e. The first kappa shape index (κ1) is 14.1. The minimum atomic E-state index is -0.363. The van der Waals surface area contributed by atoms with Gasteiger partial charge in [-0.05, 0) is 18.6 Å². The second-order valence-corrected chi connectivity index (χ2v) is 3.63. The summed E-state index contributed by atoms with van der Waals surface area (Å²) in [5.41, 5.74) is 3.72. The van der Waals surface area contributed by atoms with Crippen LogP contribution in [0.1, 0.15) is 19.4 Å². The van der Waals surface area contributed by atoms with E-state index in [0.29, 0.717) is 13.1 Å². The third-order valence-corrected chi connectivity index (χ3v) is 2.36. The minimum absolute atomic E-state index is 0.0176. The number of carbonyl (C=O) groups excluding carboxylic acids is 2. The SMILES string of the molecule is CCNN(CC)C(=O)C([C]=O)=Cc1ccccc1. The van der Waals surface area contributed by atoms with Gasteiger partial charge in [-0.25, -0.2) is 5.43 Å². The average molecular weight is 245 g/mol. The standard InChI is InChI=1S/C14H17N2O2/c1-3-15-16(4-2)14(18)13(11-17)10-12-8-6-5-7-9-12/h5-10,15H,3-4H2,1-2H3. The van der Waals surface area contributed by atoms with E-state index in [9.17, 15) is 9.59 Å². The zero-order valence-corrected chi connectivity index (χ0v) is 10.6. The van der Waals surface area contributed by atoms with Gasteiger partial charge in [0.1, 0.15) is 0 Å². The molecule has 0 aliphatic heterocycles. The van der Waals surface area contributed by atoms with Gasteiger partial charge in [-0.3, -0.25) is 14.6 Å². The second kappa shape index (κ2) is 7.40. The summed E-state index contributed by atoms with van der Waals surface area (Å²) in [5, 5.41) is 1.40. The van der Waals surface area contributed by atoms with Crippen molar-refractivity contribution in [2.24, 2.45) is 0 Å². The number of benzene rings is 1. The molecule has 0 atom stereocenters. The van der Waals surface area contributed by atoms with Gasteiger partial charge in [-0.15, -0.1) is 0 Å². The molecule has 4 heteroatoms. The molecular weight excluding hydrogens is 228 g/mol. The van der Waals surface area contributed by atoms with Crippen molar-refractivity contribution in [1.82, 2.24) is 10.4 Å². The van der Waals surface area contributed by atoms with Crippen LogP contribution in [0.15, 0.2) is 35.9 Å². The van der Waals surface area contributed by atoms with Crippen LogP contribution in [0.25, 0.3) is 6.08 Å². The highest BCUT2D eigenvalue weighted by Gasteiger charge is 2.16.